The van der Waals surface area contributed by atoms with Gasteiger partial charge in [0.2, 0.25) is 0 Å². The summed E-state index contributed by atoms with van der Waals surface area (Å²) in [4.78, 5) is 19.8. The molecular formula is C25H29N5. The van der Waals surface area contributed by atoms with Gasteiger partial charge in [-0.1, -0.05) is 41.5 Å². The lowest BCUT2D eigenvalue weighted by molar-refractivity contribution is 0.536. The summed E-state index contributed by atoms with van der Waals surface area (Å²) in [7, 11) is 0. The first-order chi connectivity index (χ1) is 14.1. The summed E-state index contributed by atoms with van der Waals surface area (Å²) in [5.41, 5.74) is 6.54. The average Bonchev–Trinajstić information content (AvgIpc) is 3.37. The molecule has 2 bridgehead atoms. The molecule has 0 aliphatic heterocycles. The molecule has 0 amide bonds. The van der Waals surface area contributed by atoms with Crippen molar-refractivity contribution in [1.82, 2.24) is 24.3 Å². The van der Waals surface area contributed by atoms with E-state index in [1.165, 1.54) is 30.4 Å². The van der Waals surface area contributed by atoms with Crippen molar-refractivity contribution in [3.63, 3.8) is 0 Å². The van der Waals surface area contributed by atoms with Crippen molar-refractivity contribution < 1.29 is 0 Å². The Morgan fingerprint density at radius 1 is 0.800 bits per heavy atom. The Morgan fingerprint density at radius 3 is 2.17 bits per heavy atom. The minimum Gasteiger partial charge on any atom is -0.263 e. The molecule has 0 radical (unpaired) electrons. The van der Waals surface area contributed by atoms with Crippen LogP contribution < -0.4 is 0 Å². The summed E-state index contributed by atoms with van der Waals surface area (Å²) in [5, 5.41) is 1.14. The highest BCUT2D eigenvalue weighted by Crippen LogP contribution is 2.54. The minimum atomic E-state index is -0.134. The van der Waals surface area contributed by atoms with Crippen molar-refractivity contribution in [2.24, 2.45) is 0 Å². The quantitative estimate of drug-likeness (QED) is 0.376. The van der Waals surface area contributed by atoms with Gasteiger partial charge in [0.25, 0.3) is 0 Å². The Labute approximate surface area is 177 Å². The molecule has 1 aromatic carbocycles. The van der Waals surface area contributed by atoms with Gasteiger partial charge >= 0.3 is 0 Å². The maximum Gasteiger partial charge on any atom is 0.169 e. The third-order valence-corrected chi connectivity index (χ3v) is 6.93. The third kappa shape index (κ3) is 2.41. The Hall–Kier alpha value is -2.56. The van der Waals surface area contributed by atoms with Crippen LogP contribution in [-0.2, 0) is 10.8 Å². The largest absolute Gasteiger partial charge is 0.263 e. The Bertz CT molecular complexity index is 1350. The average molecular weight is 400 g/mol. The zero-order valence-corrected chi connectivity index (χ0v) is 18.7. The zero-order chi connectivity index (χ0) is 21.0. The third-order valence-electron chi connectivity index (χ3n) is 6.93. The van der Waals surface area contributed by atoms with E-state index in [1.807, 2.05) is 6.20 Å². The van der Waals surface area contributed by atoms with Gasteiger partial charge in [-0.25, -0.2) is 19.9 Å². The summed E-state index contributed by atoms with van der Waals surface area (Å²) in [6, 6.07) is 4.74. The number of nitrogens with zero attached hydrogens (tertiary/aromatic N) is 5. The lowest BCUT2D eigenvalue weighted by atomic mass is 9.90. The maximum atomic E-state index is 5.21. The fourth-order valence-corrected chi connectivity index (χ4v) is 5.43. The number of rotatable bonds is 0. The molecule has 1 fully saturated rings. The first kappa shape index (κ1) is 18.2. The van der Waals surface area contributed by atoms with E-state index in [0.29, 0.717) is 5.92 Å². The molecule has 2 atom stereocenters. The second kappa shape index (κ2) is 5.57. The highest BCUT2D eigenvalue weighted by atomic mass is 15.1. The van der Waals surface area contributed by atoms with Gasteiger partial charge in [0.05, 0.1) is 11.7 Å². The molecule has 6 rings (SSSR count). The molecule has 0 N–H and O–H groups in total. The molecule has 1 saturated carbocycles. The molecule has 3 heterocycles. The smallest absolute Gasteiger partial charge is 0.169 e. The van der Waals surface area contributed by atoms with Crippen molar-refractivity contribution in [2.45, 2.75) is 83.5 Å². The van der Waals surface area contributed by atoms with E-state index in [-0.39, 0.29) is 10.8 Å². The van der Waals surface area contributed by atoms with Gasteiger partial charge in [-0.3, -0.25) is 4.40 Å². The van der Waals surface area contributed by atoms with Gasteiger partial charge in [-0.05, 0) is 54.4 Å². The van der Waals surface area contributed by atoms with Gasteiger partial charge in [-0.15, -0.1) is 0 Å². The molecule has 4 aromatic rings. The second-order valence-electron chi connectivity index (χ2n) is 11.3. The first-order valence-electron chi connectivity index (χ1n) is 11.1. The molecule has 154 valence electrons. The van der Waals surface area contributed by atoms with Crippen LogP contribution in [0.15, 0.2) is 18.3 Å². The van der Waals surface area contributed by atoms with Crippen LogP contribution in [0.2, 0.25) is 0 Å². The highest BCUT2D eigenvalue weighted by molar-refractivity contribution is 5.97. The van der Waals surface area contributed by atoms with Crippen LogP contribution in [0.25, 0.3) is 27.7 Å². The summed E-state index contributed by atoms with van der Waals surface area (Å²) in [6.45, 7) is 13.1. The van der Waals surface area contributed by atoms with E-state index in [9.17, 15) is 0 Å². The van der Waals surface area contributed by atoms with Crippen LogP contribution in [-0.4, -0.2) is 24.3 Å². The molecule has 5 heteroatoms. The molecular weight excluding hydrogens is 370 g/mol. The summed E-state index contributed by atoms with van der Waals surface area (Å²) >= 11 is 0. The monoisotopic (exact) mass is 399 g/mol. The fourth-order valence-electron chi connectivity index (χ4n) is 5.43. The van der Waals surface area contributed by atoms with E-state index in [1.54, 1.807) is 0 Å². The van der Waals surface area contributed by atoms with Gasteiger partial charge in [-0.2, -0.15) is 0 Å². The van der Waals surface area contributed by atoms with Crippen molar-refractivity contribution in [2.75, 3.05) is 0 Å². The van der Waals surface area contributed by atoms with E-state index >= 15 is 0 Å². The van der Waals surface area contributed by atoms with Crippen LogP contribution in [0.5, 0.6) is 0 Å². The molecule has 5 nitrogen and oxygen atoms in total. The van der Waals surface area contributed by atoms with Gasteiger partial charge in [0.15, 0.2) is 5.65 Å². The van der Waals surface area contributed by atoms with Crippen molar-refractivity contribution in [1.29, 1.82) is 0 Å². The van der Waals surface area contributed by atoms with E-state index in [0.717, 1.165) is 45.3 Å². The van der Waals surface area contributed by atoms with Crippen LogP contribution >= 0.6 is 0 Å². The number of fused-ring (bicyclic) bond motifs is 10. The second-order valence-corrected chi connectivity index (χ2v) is 11.3. The van der Waals surface area contributed by atoms with Crippen molar-refractivity contribution in [3.05, 3.63) is 41.1 Å². The molecule has 0 saturated heterocycles. The van der Waals surface area contributed by atoms with Crippen molar-refractivity contribution >= 4 is 27.7 Å². The minimum absolute atomic E-state index is 0.120. The summed E-state index contributed by atoms with van der Waals surface area (Å²) < 4.78 is 2.19. The predicted octanol–water partition coefficient (Wildman–Crippen LogP) is 5.79. The fraction of sp³-hybridized carbons (Fsp3) is 0.520. The molecule has 30 heavy (non-hydrogen) atoms. The lowest BCUT2D eigenvalue weighted by Crippen LogP contribution is -2.20. The lowest BCUT2D eigenvalue weighted by Gasteiger charge is -2.22. The molecule has 2 aliphatic rings. The number of benzene rings is 1. The molecule has 2 unspecified atom stereocenters. The summed E-state index contributed by atoms with van der Waals surface area (Å²) in [6.07, 6.45) is 5.84. The number of hydrogen-bond donors (Lipinski definition) is 0. The summed E-state index contributed by atoms with van der Waals surface area (Å²) in [5.74, 6) is 3.29. The molecule has 0 spiro atoms. The number of hydrogen-bond acceptors (Lipinski definition) is 4. The number of aromatic nitrogens is 5. The van der Waals surface area contributed by atoms with Crippen LogP contribution in [0, 0.1) is 0 Å². The van der Waals surface area contributed by atoms with Gasteiger partial charge in [0.1, 0.15) is 22.8 Å². The highest BCUT2D eigenvalue weighted by Gasteiger charge is 2.37. The first-order valence-corrected chi connectivity index (χ1v) is 11.1. The molecule has 2 aliphatic carbocycles. The van der Waals surface area contributed by atoms with Gasteiger partial charge < -0.3 is 0 Å². The van der Waals surface area contributed by atoms with E-state index < -0.39 is 0 Å². The topological polar surface area (TPSA) is 56.0 Å². The standard InChI is InChI=1S/C25H29N5/c1-24(2,3)22-26-12-19-21(29-22)30-20(27-19)17-10-15-13-7-8-14(9-13)16(15)11-18(17)28-23(30)25(4,5)6/h10-14H,7-9H2,1-6H3. The van der Waals surface area contributed by atoms with E-state index in [4.69, 9.17) is 15.0 Å². The van der Waals surface area contributed by atoms with Crippen LogP contribution in [0.1, 0.15) is 95.4 Å². The van der Waals surface area contributed by atoms with Crippen LogP contribution in [0.3, 0.4) is 0 Å². The van der Waals surface area contributed by atoms with Crippen LogP contribution in [0.4, 0.5) is 0 Å². The SMILES string of the molecule is CC(C)(C)c1ncc2nc3c4cc5c(cc4nc(C(C)(C)C)n3c2n1)C1CCC5C1. The Balaban J connectivity index is 1.76. The molecule has 3 aromatic heterocycles. The van der Waals surface area contributed by atoms with Gasteiger partial charge in [0, 0.05) is 16.2 Å². The maximum absolute atomic E-state index is 5.21. The normalized spacial score (nSPS) is 21.3. The Kier molecular flexibility index (Phi) is 3.38. The predicted molar refractivity (Wildman–Crippen MR) is 120 cm³/mol. The van der Waals surface area contributed by atoms with E-state index in [2.05, 4.69) is 63.1 Å². The zero-order valence-electron chi connectivity index (χ0n) is 18.7. The van der Waals surface area contributed by atoms with Crippen molar-refractivity contribution in [3.8, 4) is 0 Å². The Morgan fingerprint density at radius 2 is 1.50 bits per heavy atom. The number of imidazole rings is 1.